The van der Waals surface area contributed by atoms with E-state index in [-0.39, 0.29) is 0 Å². The highest BCUT2D eigenvalue weighted by Crippen LogP contribution is 2.27. The molecule has 9 nitrogen and oxygen atoms in total. The van der Waals surface area contributed by atoms with Crippen LogP contribution in [0.2, 0.25) is 0 Å². The molecule has 0 saturated heterocycles. The Kier molecular flexibility index (Phi) is 3.70. The van der Waals surface area contributed by atoms with Crippen LogP contribution in [-0.4, -0.2) is 29.8 Å². The van der Waals surface area contributed by atoms with Gasteiger partial charge in [0.1, 0.15) is 5.69 Å². The number of rotatable bonds is 4. The summed E-state index contributed by atoms with van der Waals surface area (Å²) in [6, 6.07) is 6.03. The molecular formula is C17H19N9. The summed E-state index contributed by atoms with van der Waals surface area (Å²) in [7, 11) is 3.71. The van der Waals surface area contributed by atoms with Gasteiger partial charge in [-0.3, -0.25) is 19.5 Å². The maximum absolute atomic E-state index is 6.26. The van der Waals surface area contributed by atoms with Crippen LogP contribution in [-0.2, 0) is 14.1 Å². The number of hydrazine groups is 1. The van der Waals surface area contributed by atoms with Crippen LogP contribution in [0.15, 0.2) is 49.2 Å². The summed E-state index contributed by atoms with van der Waals surface area (Å²) in [5.41, 5.74) is 11.0. The first-order valence-corrected chi connectivity index (χ1v) is 7.98. The largest absolute Gasteiger partial charge is 0.396 e. The second kappa shape index (κ2) is 6.05. The van der Waals surface area contributed by atoms with Crippen LogP contribution in [0.3, 0.4) is 0 Å². The molecule has 9 heteroatoms. The molecule has 3 aromatic heterocycles. The van der Waals surface area contributed by atoms with Crippen molar-refractivity contribution in [3.8, 4) is 11.1 Å². The van der Waals surface area contributed by atoms with E-state index >= 15 is 0 Å². The molecule has 0 fully saturated rings. The zero-order valence-electron chi connectivity index (χ0n) is 14.5. The van der Waals surface area contributed by atoms with Crippen molar-refractivity contribution in [1.82, 2.24) is 29.8 Å². The molecule has 0 amide bonds. The van der Waals surface area contributed by atoms with E-state index in [1.165, 1.54) is 5.01 Å². The third-order valence-corrected chi connectivity index (χ3v) is 4.14. The fraction of sp³-hybridized carbons (Fsp3) is 0.118. The van der Waals surface area contributed by atoms with Gasteiger partial charge in [-0.1, -0.05) is 6.07 Å². The maximum atomic E-state index is 6.26. The van der Waals surface area contributed by atoms with E-state index < -0.39 is 0 Å². The molecule has 4 aromatic rings. The summed E-state index contributed by atoms with van der Waals surface area (Å²) < 4.78 is 3.44. The van der Waals surface area contributed by atoms with Crippen LogP contribution in [0.1, 0.15) is 5.69 Å². The second-order valence-electron chi connectivity index (χ2n) is 6.10. The monoisotopic (exact) mass is 349 g/mol. The van der Waals surface area contributed by atoms with Gasteiger partial charge in [0, 0.05) is 43.6 Å². The minimum atomic E-state index is 0.450. The van der Waals surface area contributed by atoms with Crippen molar-refractivity contribution in [1.29, 1.82) is 0 Å². The van der Waals surface area contributed by atoms with Crippen molar-refractivity contribution in [3.63, 3.8) is 0 Å². The standard InChI is InChI=1S/C17H19N9/c1-24-8-12(6-20-24)11-3-4-16-14(5-11)17(23-22-16)15(18)10-26(19)13-7-21-25(2)9-13/h3-10H,18-19H2,1-2H3,(H,22,23)/b15-10-. The molecule has 0 unspecified atom stereocenters. The molecule has 0 aliphatic rings. The summed E-state index contributed by atoms with van der Waals surface area (Å²) in [5, 5.41) is 18.0. The molecule has 0 bridgehead atoms. The molecule has 0 radical (unpaired) electrons. The minimum absolute atomic E-state index is 0.450. The van der Waals surface area contributed by atoms with Gasteiger partial charge >= 0.3 is 0 Å². The van der Waals surface area contributed by atoms with Gasteiger partial charge in [0.15, 0.2) is 0 Å². The van der Waals surface area contributed by atoms with Crippen molar-refractivity contribution in [2.75, 3.05) is 5.01 Å². The summed E-state index contributed by atoms with van der Waals surface area (Å²) in [4.78, 5) is 0. The van der Waals surface area contributed by atoms with Crippen LogP contribution in [0.5, 0.6) is 0 Å². The number of anilines is 1. The Balaban J connectivity index is 1.72. The smallest absolute Gasteiger partial charge is 0.117 e. The number of H-pyrrole nitrogens is 1. The van der Waals surface area contributed by atoms with Gasteiger partial charge in [0.2, 0.25) is 0 Å². The van der Waals surface area contributed by atoms with Crippen molar-refractivity contribution in [2.24, 2.45) is 25.7 Å². The Hall–Kier alpha value is -3.59. The molecule has 0 saturated carbocycles. The Labute approximate surface area is 149 Å². The lowest BCUT2D eigenvalue weighted by Crippen LogP contribution is -2.25. The van der Waals surface area contributed by atoms with E-state index in [0.29, 0.717) is 11.4 Å². The first-order chi connectivity index (χ1) is 12.5. The Morgan fingerprint density at radius 3 is 2.58 bits per heavy atom. The zero-order chi connectivity index (χ0) is 18.3. The lowest BCUT2D eigenvalue weighted by molar-refractivity contribution is 0.767. The Morgan fingerprint density at radius 2 is 1.88 bits per heavy atom. The van der Waals surface area contributed by atoms with Gasteiger partial charge < -0.3 is 5.73 Å². The van der Waals surface area contributed by atoms with E-state index in [1.807, 2.05) is 44.7 Å². The average Bonchev–Trinajstić information content (AvgIpc) is 3.33. The van der Waals surface area contributed by atoms with Crippen molar-refractivity contribution < 1.29 is 0 Å². The van der Waals surface area contributed by atoms with Gasteiger partial charge in [-0.25, -0.2) is 5.84 Å². The van der Waals surface area contributed by atoms with E-state index in [0.717, 1.165) is 27.7 Å². The number of nitrogens with one attached hydrogen (secondary N) is 1. The highest BCUT2D eigenvalue weighted by atomic mass is 15.4. The highest BCUT2D eigenvalue weighted by molar-refractivity contribution is 5.93. The first-order valence-electron chi connectivity index (χ1n) is 7.98. The third kappa shape index (κ3) is 2.80. The number of hydrogen-bond acceptors (Lipinski definition) is 6. The van der Waals surface area contributed by atoms with Crippen LogP contribution < -0.4 is 16.6 Å². The number of fused-ring (bicyclic) bond motifs is 1. The molecule has 132 valence electrons. The van der Waals surface area contributed by atoms with Crippen LogP contribution in [0.4, 0.5) is 5.69 Å². The summed E-state index contributed by atoms with van der Waals surface area (Å²) in [6.07, 6.45) is 8.87. The number of hydrogen-bond donors (Lipinski definition) is 3. The maximum Gasteiger partial charge on any atom is 0.117 e. The normalized spacial score (nSPS) is 12.0. The molecule has 4 rings (SSSR count). The number of benzene rings is 1. The molecule has 3 heterocycles. The van der Waals surface area contributed by atoms with Gasteiger partial charge in [0.05, 0.1) is 29.3 Å². The highest BCUT2D eigenvalue weighted by Gasteiger charge is 2.12. The molecule has 0 aliphatic carbocycles. The van der Waals surface area contributed by atoms with Gasteiger partial charge in [-0.2, -0.15) is 15.3 Å². The number of aryl methyl sites for hydroxylation is 2. The number of aromatic amines is 1. The molecule has 26 heavy (non-hydrogen) atoms. The van der Waals surface area contributed by atoms with Crippen molar-refractivity contribution >= 4 is 22.3 Å². The summed E-state index contributed by atoms with van der Waals surface area (Å²) >= 11 is 0. The molecular weight excluding hydrogens is 330 g/mol. The minimum Gasteiger partial charge on any atom is -0.396 e. The average molecular weight is 349 g/mol. The predicted octanol–water partition coefficient (Wildman–Crippen LogP) is 1.33. The SMILES string of the molecule is Cn1cc(-c2ccc3[nH]nc(/C(N)=C/N(N)c4cnn(C)c4)c3c2)cn1. The van der Waals surface area contributed by atoms with E-state index in [2.05, 4.69) is 20.4 Å². The lowest BCUT2D eigenvalue weighted by Gasteiger charge is -2.11. The molecule has 0 spiro atoms. The number of nitrogens with zero attached hydrogens (tertiary/aromatic N) is 6. The molecule has 0 atom stereocenters. The topological polar surface area (TPSA) is 120 Å². The fourth-order valence-corrected chi connectivity index (χ4v) is 2.81. The van der Waals surface area contributed by atoms with Gasteiger partial charge in [-0.05, 0) is 17.7 Å². The Morgan fingerprint density at radius 1 is 1.12 bits per heavy atom. The molecule has 1 aromatic carbocycles. The molecule has 0 aliphatic heterocycles. The lowest BCUT2D eigenvalue weighted by atomic mass is 10.1. The van der Waals surface area contributed by atoms with Crippen LogP contribution in [0, 0.1) is 0 Å². The quantitative estimate of drug-likeness (QED) is 0.378. The first kappa shape index (κ1) is 15.9. The van der Waals surface area contributed by atoms with Crippen LogP contribution in [0.25, 0.3) is 27.7 Å². The van der Waals surface area contributed by atoms with Crippen molar-refractivity contribution in [3.05, 3.63) is 54.9 Å². The third-order valence-electron chi connectivity index (χ3n) is 4.14. The van der Waals surface area contributed by atoms with Crippen LogP contribution >= 0.6 is 0 Å². The van der Waals surface area contributed by atoms with E-state index in [9.17, 15) is 0 Å². The van der Waals surface area contributed by atoms with Crippen molar-refractivity contribution in [2.45, 2.75) is 0 Å². The number of nitrogens with two attached hydrogens (primary N) is 2. The zero-order valence-corrected chi connectivity index (χ0v) is 14.5. The predicted molar refractivity (Wildman–Crippen MR) is 100 cm³/mol. The molecule has 5 N–H and O–H groups in total. The summed E-state index contributed by atoms with van der Waals surface area (Å²) in [5.74, 6) is 6.06. The van der Waals surface area contributed by atoms with Gasteiger partial charge in [0.25, 0.3) is 0 Å². The van der Waals surface area contributed by atoms with E-state index in [1.54, 1.807) is 28.0 Å². The fourth-order valence-electron chi connectivity index (χ4n) is 2.81. The van der Waals surface area contributed by atoms with E-state index in [4.69, 9.17) is 11.6 Å². The van der Waals surface area contributed by atoms with Gasteiger partial charge in [-0.15, -0.1) is 0 Å². The second-order valence-corrected chi connectivity index (χ2v) is 6.10. The summed E-state index contributed by atoms with van der Waals surface area (Å²) in [6.45, 7) is 0. The Bertz CT molecular complexity index is 1100. The number of aromatic nitrogens is 6.